The van der Waals surface area contributed by atoms with Crippen molar-refractivity contribution in [3.05, 3.63) is 75.5 Å². The van der Waals surface area contributed by atoms with E-state index >= 15 is 0 Å². The number of rotatable bonds is 5. The topological polar surface area (TPSA) is 116 Å². The highest BCUT2D eigenvalue weighted by atomic mass is 16.7. The normalized spacial score (nSPS) is 12.3. The molecular formula is C20H15N3O6. The number of nitrogens with zero attached hydrogens (tertiary/aromatic N) is 2. The molecule has 0 fully saturated rings. The molecule has 1 aromatic heterocycles. The minimum absolute atomic E-state index is 0.0426. The maximum Gasteiger partial charge on any atom is 0.280 e. The van der Waals surface area contributed by atoms with Gasteiger partial charge in [-0.2, -0.15) is 5.10 Å². The van der Waals surface area contributed by atoms with E-state index < -0.39 is 10.8 Å². The highest BCUT2D eigenvalue weighted by Gasteiger charge is 2.18. The molecule has 0 radical (unpaired) electrons. The van der Waals surface area contributed by atoms with Crippen LogP contribution in [0.25, 0.3) is 11.3 Å². The molecule has 0 bridgehead atoms. The summed E-state index contributed by atoms with van der Waals surface area (Å²) in [5.41, 5.74) is 3.85. The van der Waals surface area contributed by atoms with E-state index in [9.17, 15) is 14.9 Å². The first-order valence-electron chi connectivity index (χ1n) is 8.59. The fraction of sp³-hybridized carbons (Fsp3) is 0.100. The van der Waals surface area contributed by atoms with Crippen molar-refractivity contribution in [2.24, 2.45) is 5.10 Å². The number of amides is 1. The molecule has 1 N–H and O–H groups in total. The zero-order valence-electron chi connectivity index (χ0n) is 15.2. The molecule has 3 aromatic rings. The van der Waals surface area contributed by atoms with Crippen LogP contribution in [-0.2, 0) is 0 Å². The quantitative estimate of drug-likeness (QED) is 0.402. The van der Waals surface area contributed by atoms with Crippen LogP contribution in [0.4, 0.5) is 5.69 Å². The predicted molar refractivity (Wildman–Crippen MR) is 103 cm³/mol. The summed E-state index contributed by atoms with van der Waals surface area (Å²) in [6.07, 6.45) is 1.31. The Hall–Kier alpha value is -4.14. The summed E-state index contributed by atoms with van der Waals surface area (Å²) in [5.74, 6) is 1.32. The van der Waals surface area contributed by atoms with Gasteiger partial charge in [0.05, 0.1) is 16.7 Å². The maximum atomic E-state index is 12.2. The van der Waals surface area contributed by atoms with E-state index in [2.05, 4.69) is 10.5 Å². The summed E-state index contributed by atoms with van der Waals surface area (Å²) >= 11 is 0. The molecule has 0 unspecified atom stereocenters. The number of aryl methyl sites for hydroxylation is 1. The molecule has 0 saturated carbocycles. The van der Waals surface area contributed by atoms with Crippen molar-refractivity contribution in [2.45, 2.75) is 6.92 Å². The summed E-state index contributed by atoms with van der Waals surface area (Å²) in [4.78, 5) is 23.0. The van der Waals surface area contributed by atoms with Crippen LogP contribution in [0, 0.1) is 17.0 Å². The van der Waals surface area contributed by atoms with Crippen LogP contribution < -0.4 is 14.9 Å². The van der Waals surface area contributed by atoms with Gasteiger partial charge in [-0.3, -0.25) is 14.9 Å². The van der Waals surface area contributed by atoms with Crippen molar-refractivity contribution < 1.29 is 23.6 Å². The van der Waals surface area contributed by atoms with Crippen LogP contribution in [0.15, 0.2) is 58.0 Å². The number of fused-ring (bicyclic) bond motifs is 1. The van der Waals surface area contributed by atoms with Crippen LogP contribution in [-0.4, -0.2) is 23.8 Å². The first-order valence-corrected chi connectivity index (χ1v) is 8.59. The molecule has 0 aliphatic carbocycles. The summed E-state index contributed by atoms with van der Waals surface area (Å²) in [6, 6.07) is 12.9. The lowest BCUT2D eigenvalue weighted by Gasteiger charge is -2.01. The van der Waals surface area contributed by atoms with Crippen LogP contribution in [0.5, 0.6) is 11.5 Å². The number of hydrogen-bond donors (Lipinski definition) is 1. The second-order valence-electron chi connectivity index (χ2n) is 6.25. The number of carbonyl (C=O) groups excluding carboxylic acids is 1. The third-order valence-electron chi connectivity index (χ3n) is 4.23. The molecule has 1 amide bonds. The Balaban J connectivity index is 1.46. The molecule has 1 aliphatic rings. The number of nitro benzene ring substituents is 1. The van der Waals surface area contributed by atoms with Gasteiger partial charge < -0.3 is 13.9 Å². The van der Waals surface area contributed by atoms with E-state index in [1.807, 2.05) is 0 Å². The van der Waals surface area contributed by atoms with Crippen molar-refractivity contribution in [1.82, 2.24) is 5.43 Å². The van der Waals surface area contributed by atoms with Crippen molar-refractivity contribution in [2.75, 3.05) is 6.79 Å². The van der Waals surface area contributed by atoms with E-state index in [0.29, 0.717) is 34.1 Å². The molecule has 9 nitrogen and oxygen atoms in total. The molecule has 4 rings (SSSR count). The Morgan fingerprint density at radius 3 is 2.79 bits per heavy atom. The molecule has 0 saturated heterocycles. The highest BCUT2D eigenvalue weighted by molar-refractivity contribution is 5.95. The van der Waals surface area contributed by atoms with Gasteiger partial charge in [-0.05, 0) is 48.9 Å². The third-order valence-corrected chi connectivity index (χ3v) is 4.23. The van der Waals surface area contributed by atoms with Crippen molar-refractivity contribution in [1.29, 1.82) is 0 Å². The summed E-state index contributed by atoms with van der Waals surface area (Å²) < 4.78 is 16.0. The molecule has 146 valence electrons. The molecule has 9 heteroatoms. The van der Waals surface area contributed by atoms with E-state index in [1.54, 1.807) is 49.4 Å². The van der Waals surface area contributed by atoms with E-state index in [4.69, 9.17) is 13.9 Å². The molecule has 0 atom stereocenters. The molecule has 2 aromatic carbocycles. The van der Waals surface area contributed by atoms with E-state index in [-0.39, 0.29) is 12.5 Å². The highest BCUT2D eigenvalue weighted by Crippen LogP contribution is 2.33. The number of ether oxygens (including phenoxy) is 2. The minimum atomic E-state index is -0.454. The first-order chi connectivity index (χ1) is 14.0. The van der Waals surface area contributed by atoms with Crippen molar-refractivity contribution in [3.63, 3.8) is 0 Å². The summed E-state index contributed by atoms with van der Waals surface area (Å²) in [6.45, 7) is 1.90. The number of nitrogens with one attached hydrogen (secondary N) is 1. The largest absolute Gasteiger partial charge is 0.455 e. The second kappa shape index (κ2) is 7.47. The number of hydrogen-bond acceptors (Lipinski definition) is 7. The standard InChI is InChI=1S/C20H15N3O6/c1-12-2-5-15(16(8-12)23(25)26)17-7-4-14(29-17)10-21-22-20(24)13-3-6-18-19(9-13)28-11-27-18/h2-10H,11H2,1H3,(H,22,24)/b21-10-. The van der Waals surface area contributed by atoms with E-state index in [0.717, 1.165) is 5.56 Å². The number of furan rings is 1. The van der Waals surface area contributed by atoms with Gasteiger partial charge in [0.15, 0.2) is 11.5 Å². The Bertz CT molecular complexity index is 1130. The lowest BCUT2D eigenvalue weighted by atomic mass is 10.1. The third kappa shape index (κ3) is 3.79. The van der Waals surface area contributed by atoms with Gasteiger partial charge in [0.25, 0.3) is 11.6 Å². The van der Waals surface area contributed by atoms with Gasteiger partial charge in [-0.1, -0.05) is 6.07 Å². The van der Waals surface area contributed by atoms with Crippen LogP contribution >= 0.6 is 0 Å². The van der Waals surface area contributed by atoms with Gasteiger partial charge in [0, 0.05) is 11.6 Å². The number of nitro groups is 1. The molecule has 29 heavy (non-hydrogen) atoms. The Kier molecular flexibility index (Phi) is 4.70. The smallest absolute Gasteiger partial charge is 0.280 e. The van der Waals surface area contributed by atoms with Gasteiger partial charge in [0.2, 0.25) is 6.79 Å². The second-order valence-corrected chi connectivity index (χ2v) is 6.25. The summed E-state index contributed by atoms with van der Waals surface area (Å²) in [5, 5.41) is 15.1. The van der Waals surface area contributed by atoms with Crippen LogP contribution in [0.3, 0.4) is 0 Å². The summed E-state index contributed by atoms with van der Waals surface area (Å²) in [7, 11) is 0. The predicted octanol–water partition coefficient (Wildman–Crippen LogP) is 3.66. The molecule has 1 aliphatic heterocycles. The molecule has 2 heterocycles. The number of benzene rings is 2. The Morgan fingerprint density at radius 1 is 1.14 bits per heavy atom. The zero-order valence-corrected chi connectivity index (χ0v) is 15.2. The molecular weight excluding hydrogens is 378 g/mol. The van der Waals surface area contributed by atoms with Crippen molar-refractivity contribution >= 4 is 17.8 Å². The zero-order chi connectivity index (χ0) is 20.4. The SMILES string of the molecule is Cc1ccc(-c2ccc(/C=N\NC(=O)c3ccc4c(c3)OCO4)o2)c([N+](=O)[O-])c1. The van der Waals surface area contributed by atoms with Gasteiger partial charge >= 0.3 is 0 Å². The Morgan fingerprint density at radius 2 is 1.97 bits per heavy atom. The first kappa shape index (κ1) is 18.2. The van der Waals surface area contributed by atoms with Gasteiger partial charge in [0.1, 0.15) is 11.5 Å². The molecule has 0 spiro atoms. The lowest BCUT2D eigenvalue weighted by molar-refractivity contribution is -0.384. The Labute approximate surface area is 164 Å². The van der Waals surface area contributed by atoms with Crippen LogP contribution in [0.2, 0.25) is 0 Å². The van der Waals surface area contributed by atoms with Crippen molar-refractivity contribution in [3.8, 4) is 22.8 Å². The average Bonchev–Trinajstić information content (AvgIpc) is 3.36. The fourth-order valence-electron chi connectivity index (χ4n) is 2.82. The number of carbonyl (C=O) groups is 1. The average molecular weight is 393 g/mol. The maximum absolute atomic E-state index is 12.2. The van der Waals surface area contributed by atoms with E-state index in [1.165, 1.54) is 12.3 Å². The monoisotopic (exact) mass is 393 g/mol. The minimum Gasteiger partial charge on any atom is -0.455 e. The van der Waals surface area contributed by atoms with Crippen LogP contribution in [0.1, 0.15) is 21.7 Å². The van der Waals surface area contributed by atoms with Gasteiger partial charge in [-0.25, -0.2) is 5.43 Å². The van der Waals surface area contributed by atoms with Gasteiger partial charge in [-0.15, -0.1) is 0 Å². The number of hydrazone groups is 1. The fourth-order valence-corrected chi connectivity index (χ4v) is 2.82. The lowest BCUT2D eigenvalue weighted by Crippen LogP contribution is -2.17.